The summed E-state index contributed by atoms with van der Waals surface area (Å²) in [6.45, 7) is 3.98. The molecule has 0 unspecified atom stereocenters. The predicted octanol–water partition coefficient (Wildman–Crippen LogP) is 4.47. The van der Waals surface area contributed by atoms with Crippen molar-refractivity contribution >= 4 is 28.2 Å². The molecule has 6 heteroatoms. The van der Waals surface area contributed by atoms with Crippen molar-refractivity contribution in [2.24, 2.45) is 0 Å². The smallest absolute Gasteiger partial charge is 0.238 e. The van der Waals surface area contributed by atoms with Crippen LogP contribution in [0.1, 0.15) is 32.3 Å². The van der Waals surface area contributed by atoms with Gasteiger partial charge >= 0.3 is 0 Å². The third kappa shape index (κ3) is 2.71. The zero-order valence-corrected chi connectivity index (χ0v) is 16.7. The highest BCUT2D eigenvalue weighted by Gasteiger charge is 2.50. The van der Waals surface area contributed by atoms with Crippen LogP contribution in [0.3, 0.4) is 0 Å². The Hall–Kier alpha value is -2.73. The van der Waals surface area contributed by atoms with Crippen LogP contribution in [0.15, 0.2) is 54.0 Å². The van der Waals surface area contributed by atoms with E-state index in [1.54, 1.807) is 17.5 Å². The van der Waals surface area contributed by atoms with E-state index in [0.717, 1.165) is 40.6 Å². The van der Waals surface area contributed by atoms with Crippen molar-refractivity contribution in [3.8, 4) is 11.3 Å². The molecule has 0 bridgehead atoms. The lowest BCUT2D eigenvalue weighted by atomic mass is 9.84. The molecule has 5 rings (SSSR count). The molecule has 1 fully saturated rings. The number of benzene rings is 1. The van der Waals surface area contributed by atoms with Crippen LogP contribution in [0.25, 0.3) is 11.3 Å². The summed E-state index contributed by atoms with van der Waals surface area (Å²) in [5, 5.41) is 6.55. The number of rotatable bonds is 4. The third-order valence-electron chi connectivity index (χ3n) is 5.82. The van der Waals surface area contributed by atoms with Gasteiger partial charge in [0.1, 0.15) is 5.82 Å². The van der Waals surface area contributed by atoms with Gasteiger partial charge in [-0.2, -0.15) is 0 Å². The highest BCUT2D eigenvalue weighted by molar-refractivity contribution is 7.14. The first-order chi connectivity index (χ1) is 13.5. The molecule has 2 aromatic heterocycles. The van der Waals surface area contributed by atoms with Crippen LogP contribution in [-0.4, -0.2) is 28.0 Å². The Morgan fingerprint density at radius 3 is 2.71 bits per heavy atom. The second kappa shape index (κ2) is 6.41. The zero-order valence-electron chi connectivity index (χ0n) is 15.9. The molecule has 1 aliphatic heterocycles. The number of carbonyl (C=O) groups is 1. The van der Waals surface area contributed by atoms with Gasteiger partial charge in [0.05, 0.1) is 11.1 Å². The molecule has 1 aromatic carbocycles. The molecule has 1 aliphatic carbocycles. The number of aromatic nitrogens is 2. The summed E-state index contributed by atoms with van der Waals surface area (Å²) in [6.07, 6.45) is 3.60. The van der Waals surface area contributed by atoms with Gasteiger partial charge in [-0.15, -0.1) is 11.3 Å². The van der Waals surface area contributed by atoms with Crippen LogP contribution in [0.2, 0.25) is 0 Å². The second-order valence-electron chi connectivity index (χ2n) is 8.05. The molecule has 1 N–H and O–H groups in total. The number of nitrogens with one attached hydrogen (secondary N) is 1. The van der Waals surface area contributed by atoms with E-state index in [1.807, 2.05) is 49.1 Å². The van der Waals surface area contributed by atoms with Crippen molar-refractivity contribution in [1.82, 2.24) is 9.97 Å². The molecule has 1 amide bonds. The van der Waals surface area contributed by atoms with E-state index in [-0.39, 0.29) is 11.9 Å². The first-order valence-corrected chi connectivity index (χ1v) is 10.5. The van der Waals surface area contributed by atoms with E-state index in [2.05, 4.69) is 27.8 Å². The van der Waals surface area contributed by atoms with Crippen molar-refractivity contribution in [2.75, 3.05) is 10.2 Å². The minimum Gasteiger partial charge on any atom is -0.359 e. The van der Waals surface area contributed by atoms with Crippen LogP contribution < -0.4 is 10.2 Å². The van der Waals surface area contributed by atoms with Gasteiger partial charge in [-0.1, -0.05) is 36.4 Å². The van der Waals surface area contributed by atoms with E-state index in [1.165, 1.54) is 0 Å². The molecule has 0 spiro atoms. The van der Waals surface area contributed by atoms with Crippen LogP contribution in [0.5, 0.6) is 0 Å². The predicted molar refractivity (Wildman–Crippen MR) is 113 cm³/mol. The molecule has 28 heavy (non-hydrogen) atoms. The molecule has 0 atom stereocenters. The SMILES string of the molecule is CC1(C)C(=O)N(C2CC(Nc3nc(-c4ccccc4)cs3)C2)c2ncccc21. The molecule has 0 radical (unpaired) electrons. The summed E-state index contributed by atoms with van der Waals surface area (Å²) in [4.78, 5) is 24.1. The van der Waals surface area contributed by atoms with Gasteiger partial charge in [0.25, 0.3) is 0 Å². The van der Waals surface area contributed by atoms with Crippen LogP contribution in [0, 0.1) is 0 Å². The number of carbonyl (C=O) groups excluding carboxylic acids is 1. The summed E-state index contributed by atoms with van der Waals surface area (Å²) >= 11 is 1.63. The Balaban J connectivity index is 1.26. The Morgan fingerprint density at radius 2 is 1.93 bits per heavy atom. The fraction of sp³-hybridized carbons (Fsp3) is 0.318. The molecule has 3 heterocycles. The minimum atomic E-state index is -0.498. The lowest BCUT2D eigenvalue weighted by molar-refractivity contribution is -0.122. The molecule has 3 aromatic rings. The van der Waals surface area contributed by atoms with Gasteiger partial charge in [-0.25, -0.2) is 9.97 Å². The average molecular weight is 391 g/mol. The quantitative estimate of drug-likeness (QED) is 0.714. The summed E-state index contributed by atoms with van der Waals surface area (Å²) in [5.41, 5.74) is 2.66. The van der Waals surface area contributed by atoms with Gasteiger partial charge in [-0.05, 0) is 32.8 Å². The molecule has 2 aliphatic rings. The van der Waals surface area contributed by atoms with Gasteiger partial charge in [0.15, 0.2) is 5.13 Å². The standard InChI is InChI=1S/C22H22N4OS/c1-22(2)17-9-6-10-23-19(17)26(20(22)27)16-11-15(12-16)24-21-25-18(13-28-21)14-7-4-3-5-8-14/h3-10,13,15-16H,11-12H2,1-2H3,(H,24,25). The van der Waals surface area contributed by atoms with Crippen LogP contribution >= 0.6 is 11.3 Å². The number of pyridine rings is 1. The fourth-order valence-electron chi connectivity index (χ4n) is 4.10. The van der Waals surface area contributed by atoms with E-state index in [0.29, 0.717) is 6.04 Å². The fourth-order valence-corrected chi connectivity index (χ4v) is 4.90. The van der Waals surface area contributed by atoms with E-state index >= 15 is 0 Å². The summed E-state index contributed by atoms with van der Waals surface area (Å²) in [5.74, 6) is 0.992. The summed E-state index contributed by atoms with van der Waals surface area (Å²) in [6, 6.07) is 14.7. The molecular formula is C22H22N4OS. The highest BCUT2D eigenvalue weighted by Crippen LogP contribution is 2.44. The largest absolute Gasteiger partial charge is 0.359 e. The first kappa shape index (κ1) is 17.4. The monoisotopic (exact) mass is 390 g/mol. The lowest BCUT2D eigenvalue weighted by Gasteiger charge is -2.41. The van der Waals surface area contributed by atoms with Crippen LogP contribution in [-0.2, 0) is 10.2 Å². The number of hydrogen-bond donors (Lipinski definition) is 1. The van der Waals surface area contributed by atoms with Crippen LogP contribution in [0.4, 0.5) is 10.9 Å². The average Bonchev–Trinajstić information content (AvgIpc) is 3.22. The van der Waals surface area contributed by atoms with Gasteiger partial charge in [0.2, 0.25) is 5.91 Å². The van der Waals surface area contributed by atoms with E-state index < -0.39 is 5.41 Å². The maximum Gasteiger partial charge on any atom is 0.238 e. The topological polar surface area (TPSA) is 58.1 Å². The second-order valence-corrected chi connectivity index (χ2v) is 8.90. The molecular weight excluding hydrogens is 368 g/mol. The van der Waals surface area contributed by atoms with Gasteiger partial charge in [-0.3, -0.25) is 9.69 Å². The number of nitrogens with zero attached hydrogens (tertiary/aromatic N) is 3. The Kier molecular flexibility index (Phi) is 3.98. The summed E-state index contributed by atoms with van der Waals surface area (Å²) < 4.78 is 0. The number of anilines is 2. The van der Waals surface area contributed by atoms with Crippen molar-refractivity contribution in [2.45, 2.75) is 44.2 Å². The third-order valence-corrected chi connectivity index (χ3v) is 6.59. The number of hydrogen-bond acceptors (Lipinski definition) is 5. The molecule has 1 saturated carbocycles. The zero-order chi connectivity index (χ0) is 19.3. The normalized spacial score (nSPS) is 22.6. The number of thiazole rings is 1. The number of fused-ring (bicyclic) bond motifs is 1. The molecule has 5 nitrogen and oxygen atoms in total. The Morgan fingerprint density at radius 1 is 1.14 bits per heavy atom. The van der Waals surface area contributed by atoms with Crippen molar-refractivity contribution in [1.29, 1.82) is 0 Å². The lowest BCUT2D eigenvalue weighted by Crippen LogP contribution is -2.53. The van der Waals surface area contributed by atoms with Gasteiger partial charge in [0, 0.05) is 34.8 Å². The first-order valence-electron chi connectivity index (χ1n) is 9.60. The van der Waals surface area contributed by atoms with Crippen molar-refractivity contribution in [3.05, 3.63) is 59.6 Å². The van der Waals surface area contributed by atoms with Gasteiger partial charge < -0.3 is 5.32 Å². The van der Waals surface area contributed by atoms with Crippen molar-refractivity contribution < 1.29 is 4.79 Å². The maximum absolute atomic E-state index is 13.0. The Labute approximate surface area is 168 Å². The summed E-state index contributed by atoms with van der Waals surface area (Å²) in [7, 11) is 0. The Bertz CT molecular complexity index is 1020. The highest BCUT2D eigenvalue weighted by atomic mass is 32.1. The molecule has 0 saturated heterocycles. The van der Waals surface area contributed by atoms with Crippen molar-refractivity contribution in [3.63, 3.8) is 0 Å². The molecule has 142 valence electrons. The maximum atomic E-state index is 13.0. The van der Waals surface area contributed by atoms with E-state index in [4.69, 9.17) is 4.98 Å². The van der Waals surface area contributed by atoms with E-state index in [9.17, 15) is 4.79 Å². The number of amides is 1. The minimum absolute atomic E-state index is 0.158.